The second-order valence-electron chi connectivity index (χ2n) is 6.36. The maximum Gasteiger partial charge on any atom is 0.241 e. The van der Waals surface area contributed by atoms with Crippen molar-refractivity contribution in [1.82, 2.24) is 24.8 Å². The van der Waals surface area contributed by atoms with E-state index in [1.165, 1.54) is 12.1 Å². The average Bonchev–Trinajstić information content (AvgIpc) is 3.30. The van der Waals surface area contributed by atoms with Crippen LogP contribution in [0.4, 0.5) is 0 Å². The van der Waals surface area contributed by atoms with Crippen LogP contribution in [0.15, 0.2) is 33.4 Å². The molecule has 3 aromatic heterocycles. The number of hydrogen-bond donors (Lipinski definition) is 0. The molecule has 24 heavy (non-hydrogen) atoms. The molecule has 0 aromatic carbocycles. The summed E-state index contributed by atoms with van der Waals surface area (Å²) in [6.45, 7) is 6.75. The topological polar surface area (TPSA) is 73.1 Å². The monoisotopic (exact) mass is 327 g/mol. The highest BCUT2D eigenvalue weighted by atomic mass is 16.5. The summed E-state index contributed by atoms with van der Waals surface area (Å²) in [7, 11) is 0. The van der Waals surface area contributed by atoms with Gasteiger partial charge in [-0.05, 0) is 51.4 Å². The highest BCUT2D eigenvalue weighted by Crippen LogP contribution is 2.23. The molecule has 7 nitrogen and oxygen atoms in total. The predicted octanol–water partition coefficient (Wildman–Crippen LogP) is 2.81. The van der Waals surface area contributed by atoms with Crippen LogP contribution in [0.2, 0.25) is 0 Å². The Kier molecular flexibility index (Phi) is 3.93. The minimum atomic E-state index is 0.446. The summed E-state index contributed by atoms with van der Waals surface area (Å²) >= 11 is 0. The normalized spacial score (nSPS) is 18.5. The molecule has 1 aliphatic rings. The lowest BCUT2D eigenvalue weighted by atomic mass is 10.2. The molecule has 126 valence electrons. The molecular formula is C17H21N5O2. The fraction of sp³-hybridized carbons (Fsp3) is 0.471. The number of nitrogens with zero attached hydrogens (tertiary/aromatic N) is 5. The average molecular weight is 327 g/mol. The van der Waals surface area contributed by atoms with Crippen molar-refractivity contribution in [2.24, 2.45) is 0 Å². The molecular weight excluding hydrogens is 306 g/mol. The van der Waals surface area contributed by atoms with E-state index in [0.717, 1.165) is 25.2 Å². The SMILES string of the molecule is Cc1cc(C)n(C[C@H]2CCCN2Cc2nc(-c3ccco3)no2)n1. The lowest BCUT2D eigenvalue weighted by molar-refractivity contribution is 0.191. The van der Waals surface area contributed by atoms with Crippen molar-refractivity contribution in [1.29, 1.82) is 0 Å². The molecule has 7 heteroatoms. The van der Waals surface area contributed by atoms with Crippen molar-refractivity contribution in [2.75, 3.05) is 6.54 Å². The molecule has 0 N–H and O–H groups in total. The maximum absolute atomic E-state index is 5.39. The van der Waals surface area contributed by atoms with Gasteiger partial charge in [-0.3, -0.25) is 9.58 Å². The fourth-order valence-corrected chi connectivity index (χ4v) is 3.37. The van der Waals surface area contributed by atoms with E-state index in [1.807, 2.05) is 19.1 Å². The van der Waals surface area contributed by atoms with Gasteiger partial charge in [0.2, 0.25) is 11.7 Å². The van der Waals surface area contributed by atoms with E-state index >= 15 is 0 Å². The Morgan fingerprint density at radius 3 is 3.00 bits per heavy atom. The Morgan fingerprint density at radius 2 is 2.25 bits per heavy atom. The smallest absolute Gasteiger partial charge is 0.241 e. The van der Waals surface area contributed by atoms with E-state index in [-0.39, 0.29) is 0 Å². The molecule has 1 aliphatic heterocycles. The van der Waals surface area contributed by atoms with Gasteiger partial charge in [0.1, 0.15) is 0 Å². The van der Waals surface area contributed by atoms with Crippen molar-refractivity contribution in [3.63, 3.8) is 0 Å². The third-order valence-electron chi connectivity index (χ3n) is 4.53. The van der Waals surface area contributed by atoms with Crippen LogP contribution in [-0.2, 0) is 13.1 Å². The number of aromatic nitrogens is 4. The molecule has 0 spiro atoms. The summed E-state index contributed by atoms with van der Waals surface area (Å²) in [5.74, 6) is 1.76. The second kappa shape index (κ2) is 6.24. The third kappa shape index (κ3) is 2.99. The number of aryl methyl sites for hydroxylation is 2. The highest BCUT2D eigenvalue weighted by Gasteiger charge is 2.27. The Balaban J connectivity index is 1.44. The van der Waals surface area contributed by atoms with Crippen LogP contribution in [0.1, 0.15) is 30.1 Å². The van der Waals surface area contributed by atoms with E-state index in [2.05, 4.69) is 37.8 Å². The first kappa shape index (κ1) is 15.1. The van der Waals surface area contributed by atoms with Gasteiger partial charge in [-0.2, -0.15) is 10.1 Å². The van der Waals surface area contributed by atoms with Crippen LogP contribution in [0, 0.1) is 13.8 Å². The largest absolute Gasteiger partial charge is 0.461 e. The van der Waals surface area contributed by atoms with Gasteiger partial charge in [0.25, 0.3) is 0 Å². The molecule has 0 bridgehead atoms. The molecule has 1 saturated heterocycles. The summed E-state index contributed by atoms with van der Waals surface area (Å²) in [5.41, 5.74) is 2.27. The van der Waals surface area contributed by atoms with Gasteiger partial charge in [0, 0.05) is 11.7 Å². The van der Waals surface area contributed by atoms with Crippen molar-refractivity contribution in [3.8, 4) is 11.6 Å². The molecule has 1 fully saturated rings. The zero-order valence-electron chi connectivity index (χ0n) is 14.0. The van der Waals surface area contributed by atoms with Crippen LogP contribution in [0.25, 0.3) is 11.6 Å². The highest BCUT2D eigenvalue weighted by molar-refractivity contribution is 5.44. The Hall–Kier alpha value is -2.41. The molecule has 0 aliphatic carbocycles. The minimum absolute atomic E-state index is 0.446. The van der Waals surface area contributed by atoms with Gasteiger partial charge >= 0.3 is 0 Å². The van der Waals surface area contributed by atoms with Crippen molar-refractivity contribution in [2.45, 2.75) is 45.8 Å². The van der Waals surface area contributed by atoms with Gasteiger partial charge in [-0.25, -0.2) is 0 Å². The second-order valence-corrected chi connectivity index (χ2v) is 6.36. The van der Waals surface area contributed by atoms with Gasteiger partial charge < -0.3 is 8.94 Å². The first-order chi connectivity index (χ1) is 11.7. The van der Waals surface area contributed by atoms with Crippen LogP contribution in [0.5, 0.6) is 0 Å². The molecule has 0 unspecified atom stereocenters. The van der Waals surface area contributed by atoms with E-state index in [9.17, 15) is 0 Å². The van der Waals surface area contributed by atoms with Crippen molar-refractivity contribution in [3.05, 3.63) is 41.7 Å². The summed E-state index contributed by atoms with van der Waals surface area (Å²) in [6, 6.07) is 6.21. The van der Waals surface area contributed by atoms with E-state index in [4.69, 9.17) is 8.94 Å². The quantitative estimate of drug-likeness (QED) is 0.717. The molecule has 0 amide bonds. The Labute approximate surface area is 140 Å². The van der Waals surface area contributed by atoms with Gasteiger partial charge in [-0.15, -0.1) is 0 Å². The van der Waals surface area contributed by atoms with Crippen LogP contribution >= 0.6 is 0 Å². The molecule has 1 atom stereocenters. The van der Waals surface area contributed by atoms with E-state index < -0.39 is 0 Å². The maximum atomic E-state index is 5.39. The van der Waals surface area contributed by atoms with Gasteiger partial charge in [0.05, 0.1) is 25.0 Å². The van der Waals surface area contributed by atoms with Crippen molar-refractivity contribution >= 4 is 0 Å². The molecule has 4 heterocycles. The first-order valence-electron chi connectivity index (χ1n) is 8.30. The lowest BCUT2D eigenvalue weighted by Gasteiger charge is -2.23. The number of likely N-dealkylation sites (tertiary alicyclic amines) is 1. The van der Waals surface area contributed by atoms with Crippen LogP contribution in [-0.4, -0.2) is 37.4 Å². The minimum Gasteiger partial charge on any atom is -0.461 e. The third-order valence-corrected chi connectivity index (χ3v) is 4.53. The van der Waals surface area contributed by atoms with Crippen LogP contribution in [0.3, 0.4) is 0 Å². The summed E-state index contributed by atoms with van der Waals surface area (Å²) in [6.07, 6.45) is 3.96. The van der Waals surface area contributed by atoms with E-state index in [0.29, 0.717) is 30.1 Å². The first-order valence-corrected chi connectivity index (χ1v) is 8.30. The number of furan rings is 1. The van der Waals surface area contributed by atoms with Crippen LogP contribution < -0.4 is 0 Å². The molecule has 3 aromatic rings. The zero-order chi connectivity index (χ0) is 16.5. The van der Waals surface area contributed by atoms with Gasteiger partial charge in [-0.1, -0.05) is 5.16 Å². The predicted molar refractivity (Wildman–Crippen MR) is 87.1 cm³/mol. The fourth-order valence-electron chi connectivity index (χ4n) is 3.37. The summed E-state index contributed by atoms with van der Waals surface area (Å²) in [5, 5.41) is 8.58. The standard InChI is InChI=1S/C17H21N5O2/c1-12-9-13(2)22(19-12)10-14-5-3-7-21(14)11-16-18-17(20-24-16)15-6-4-8-23-15/h4,6,8-9,14H,3,5,7,10-11H2,1-2H3/t14-/m1/s1. The molecule has 4 rings (SSSR count). The number of hydrogen-bond acceptors (Lipinski definition) is 6. The van der Waals surface area contributed by atoms with Gasteiger partial charge in [0.15, 0.2) is 5.76 Å². The Bertz CT molecular complexity index is 805. The number of rotatable bonds is 5. The molecule has 0 saturated carbocycles. The van der Waals surface area contributed by atoms with Crippen molar-refractivity contribution < 1.29 is 8.94 Å². The van der Waals surface area contributed by atoms with E-state index in [1.54, 1.807) is 6.26 Å². The molecule has 0 radical (unpaired) electrons. The lowest BCUT2D eigenvalue weighted by Crippen LogP contribution is -2.33. The summed E-state index contributed by atoms with van der Waals surface area (Å²) in [4.78, 5) is 6.84. The Morgan fingerprint density at radius 1 is 1.33 bits per heavy atom. The summed E-state index contributed by atoms with van der Waals surface area (Å²) < 4.78 is 12.8. The zero-order valence-corrected chi connectivity index (χ0v) is 14.0.